The normalized spacial score (nSPS) is 19.8. The Morgan fingerprint density at radius 1 is 1.42 bits per heavy atom. The van der Waals surface area contributed by atoms with E-state index in [0.717, 1.165) is 18.2 Å². The van der Waals surface area contributed by atoms with Gasteiger partial charge in [0.15, 0.2) is 0 Å². The Bertz CT molecular complexity index is 372. The lowest BCUT2D eigenvalue weighted by Crippen LogP contribution is -2.30. The first-order valence-electron chi connectivity index (χ1n) is 7.56. The molecule has 2 heterocycles. The molecule has 106 valence electrons. The van der Waals surface area contributed by atoms with Crippen LogP contribution in [-0.2, 0) is 6.54 Å². The highest BCUT2D eigenvalue weighted by atomic mass is 15.1. The highest BCUT2D eigenvalue weighted by Gasteiger charge is 2.12. The van der Waals surface area contributed by atoms with Crippen molar-refractivity contribution in [1.82, 2.24) is 15.2 Å². The molecule has 3 nitrogen and oxygen atoms in total. The first kappa shape index (κ1) is 14.5. The molecule has 1 aliphatic heterocycles. The largest absolute Gasteiger partial charge is 0.316 e. The lowest BCUT2D eigenvalue weighted by molar-refractivity contribution is 0.285. The minimum absolute atomic E-state index is 0.902. The summed E-state index contributed by atoms with van der Waals surface area (Å²) in [7, 11) is 2.20. The quantitative estimate of drug-likeness (QED) is 0.853. The molecule has 19 heavy (non-hydrogen) atoms. The van der Waals surface area contributed by atoms with Crippen LogP contribution in [0.15, 0.2) is 18.2 Å². The average molecular weight is 261 g/mol. The first-order valence-corrected chi connectivity index (χ1v) is 7.56. The molecule has 1 aromatic heterocycles. The van der Waals surface area contributed by atoms with Gasteiger partial charge in [-0.3, -0.25) is 4.98 Å². The van der Waals surface area contributed by atoms with E-state index >= 15 is 0 Å². The molecule has 1 unspecified atom stereocenters. The maximum Gasteiger partial charge on any atom is 0.0547 e. The number of nitrogens with zero attached hydrogens (tertiary/aromatic N) is 2. The van der Waals surface area contributed by atoms with Crippen molar-refractivity contribution in [2.45, 2.75) is 39.2 Å². The predicted molar refractivity (Wildman–Crippen MR) is 80.1 cm³/mol. The first-order chi connectivity index (χ1) is 9.24. The second-order valence-electron chi connectivity index (χ2n) is 5.86. The fraction of sp³-hybridized carbons (Fsp3) is 0.688. The summed E-state index contributed by atoms with van der Waals surface area (Å²) in [5.41, 5.74) is 2.29. The summed E-state index contributed by atoms with van der Waals surface area (Å²) < 4.78 is 0. The van der Waals surface area contributed by atoms with Crippen molar-refractivity contribution in [1.29, 1.82) is 0 Å². The van der Waals surface area contributed by atoms with Crippen LogP contribution in [0.3, 0.4) is 0 Å². The number of aromatic nitrogens is 1. The number of hydrogen-bond acceptors (Lipinski definition) is 3. The van der Waals surface area contributed by atoms with Crippen LogP contribution in [0.4, 0.5) is 0 Å². The van der Waals surface area contributed by atoms with Crippen LogP contribution in [-0.4, -0.2) is 36.6 Å². The Kier molecular flexibility index (Phi) is 5.80. The summed E-state index contributed by atoms with van der Waals surface area (Å²) in [5.74, 6) is 0.902. The fourth-order valence-corrected chi connectivity index (χ4v) is 2.86. The Morgan fingerprint density at radius 2 is 2.32 bits per heavy atom. The maximum absolute atomic E-state index is 4.56. The van der Waals surface area contributed by atoms with Crippen molar-refractivity contribution in [3.63, 3.8) is 0 Å². The van der Waals surface area contributed by atoms with E-state index in [1.54, 1.807) is 0 Å². The summed E-state index contributed by atoms with van der Waals surface area (Å²) in [6, 6.07) is 6.27. The van der Waals surface area contributed by atoms with E-state index < -0.39 is 0 Å². The standard InChI is InChI=1S/C16H27N3/c1-14-6-3-9-16(18-14)13-19(2)11-5-8-15-7-4-10-17-12-15/h3,6,9,15,17H,4-5,7-8,10-13H2,1-2H3. The molecule has 0 aliphatic carbocycles. The van der Waals surface area contributed by atoms with Gasteiger partial charge >= 0.3 is 0 Å². The number of hydrogen-bond donors (Lipinski definition) is 1. The third kappa shape index (κ3) is 5.29. The molecule has 0 bridgehead atoms. The van der Waals surface area contributed by atoms with Gasteiger partial charge in [-0.1, -0.05) is 6.07 Å². The molecule has 1 aromatic rings. The maximum atomic E-state index is 4.56. The van der Waals surface area contributed by atoms with E-state index in [-0.39, 0.29) is 0 Å². The van der Waals surface area contributed by atoms with Gasteiger partial charge in [0.25, 0.3) is 0 Å². The topological polar surface area (TPSA) is 28.2 Å². The molecule has 0 aromatic carbocycles. The summed E-state index contributed by atoms with van der Waals surface area (Å²) in [5, 5.41) is 3.50. The molecule has 1 N–H and O–H groups in total. The zero-order chi connectivity index (χ0) is 13.5. The Labute approximate surface area is 117 Å². The van der Waals surface area contributed by atoms with Crippen molar-refractivity contribution < 1.29 is 0 Å². The lowest BCUT2D eigenvalue weighted by atomic mass is 9.95. The molecule has 0 amide bonds. The second-order valence-corrected chi connectivity index (χ2v) is 5.86. The Balaban J connectivity index is 1.65. The fourth-order valence-electron chi connectivity index (χ4n) is 2.86. The minimum Gasteiger partial charge on any atom is -0.316 e. The van der Waals surface area contributed by atoms with Crippen molar-refractivity contribution >= 4 is 0 Å². The molecule has 1 fully saturated rings. The second kappa shape index (κ2) is 7.61. The molecule has 0 spiro atoms. The number of nitrogens with one attached hydrogen (secondary N) is 1. The molecular weight excluding hydrogens is 234 g/mol. The monoisotopic (exact) mass is 261 g/mol. The van der Waals surface area contributed by atoms with E-state index in [4.69, 9.17) is 0 Å². The third-order valence-electron chi connectivity index (χ3n) is 3.93. The molecule has 0 saturated carbocycles. The van der Waals surface area contributed by atoms with Gasteiger partial charge in [-0.25, -0.2) is 0 Å². The van der Waals surface area contributed by atoms with Gasteiger partial charge in [0.2, 0.25) is 0 Å². The van der Waals surface area contributed by atoms with Crippen LogP contribution in [0.5, 0.6) is 0 Å². The zero-order valence-corrected chi connectivity index (χ0v) is 12.4. The van der Waals surface area contributed by atoms with Gasteiger partial charge in [0, 0.05) is 12.2 Å². The van der Waals surface area contributed by atoms with Gasteiger partial charge in [0.1, 0.15) is 0 Å². The average Bonchev–Trinajstić information content (AvgIpc) is 2.40. The highest BCUT2D eigenvalue weighted by molar-refractivity contribution is 5.09. The predicted octanol–water partition coefficient (Wildman–Crippen LogP) is 2.60. The molecule has 3 heteroatoms. The smallest absolute Gasteiger partial charge is 0.0547 e. The number of pyridine rings is 1. The van der Waals surface area contributed by atoms with E-state index in [2.05, 4.69) is 47.4 Å². The van der Waals surface area contributed by atoms with Crippen LogP contribution >= 0.6 is 0 Å². The number of rotatable bonds is 6. The Hall–Kier alpha value is -0.930. The van der Waals surface area contributed by atoms with Crippen LogP contribution in [0, 0.1) is 12.8 Å². The summed E-state index contributed by atoms with van der Waals surface area (Å²) in [6.07, 6.45) is 5.43. The lowest BCUT2D eigenvalue weighted by Gasteiger charge is -2.23. The molecule has 1 saturated heterocycles. The summed E-state index contributed by atoms with van der Waals surface area (Å²) in [6.45, 7) is 6.63. The zero-order valence-electron chi connectivity index (χ0n) is 12.4. The number of aryl methyl sites for hydroxylation is 1. The third-order valence-corrected chi connectivity index (χ3v) is 3.93. The SMILES string of the molecule is Cc1cccc(CN(C)CCCC2CCCNC2)n1. The van der Waals surface area contributed by atoms with Crippen LogP contribution in [0.1, 0.15) is 37.1 Å². The van der Waals surface area contributed by atoms with Gasteiger partial charge in [0.05, 0.1) is 5.69 Å². The molecule has 0 radical (unpaired) electrons. The number of piperidine rings is 1. The van der Waals surface area contributed by atoms with E-state index in [1.807, 2.05) is 0 Å². The molecule has 1 aliphatic rings. The van der Waals surface area contributed by atoms with E-state index in [0.29, 0.717) is 0 Å². The highest BCUT2D eigenvalue weighted by Crippen LogP contribution is 2.16. The van der Waals surface area contributed by atoms with Crippen LogP contribution in [0.2, 0.25) is 0 Å². The van der Waals surface area contributed by atoms with Crippen LogP contribution < -0.4 is 5.32 Å². The molecule has 1 atom stereocenters. The molecule has 2 rings (SSSR count). The van der Waals surface area contributed by atoms with Crippen molar-refractivity contribution in [2.24, 2.45) is 5.92 Å². The minimum atomic E-state index is 0.902. The van der Waals surface area contributed by atoms with Crippen molar-refractivity contribution in [2.75, 3.05) is 26.7 Å². The van der Waals surface area contributed by atoms with E-state index in [9.17, 15) is 0 Å². The van der Waals surface area contributed by atoms with Gasteiger partial charge < -0.3 is 10.2 Å². The van der Waals surface area contributed by atoms with Crippen molar-refractivity contribution in [3.8, 4) is 0 Å². The summed E-state index contributed by atoms with van der Waals surface area (Å²) >= 11 is 0. The van der Waals surface area contributed by atoms with Gasteiger partial charge in [-0.15, -0.1) is 0 Å². The van der Waals surface area contributed by atoms with Crippen molar-refractivity contribution in [3.05, 3.63) is 29.6 Å². The van der Waals surface area contributed by atoms with E-state index in [1.165, 1.54) is 51.0 Å². The summed E-state index contributed by atoms with van der Waals surface area (Å²) in [4.78, 5) is 6.95. The van der Waals surface area contributed by atoms with Gasteiger partial charge in [-0.2, -0.15) is 0 Å². The Morgan fingerprint density at radius 3 is 3.05 bits per heavy atom. The van der Waals surface area contributed by atoms with Gasteiger partial charge in [-0.05, 0) is 77.3 Å². The van der Waals surface area contributed by atoms with Crippen LogP contribution in [0.25, 0.3) is 0 Å². The molecular formula is C16H27N3.